The fraction of sp³-hybridized carbons (Fsp3) is 0. The smallest absolute Gasteiger partial charge is 0.131 e. The van der Waals surface area contributed by atoms with Gasteiger partial charge < -0.3 is 0 Å². The molecule has 0 aliphatic rings. The van der Waals surface area contributed by atoms with Gasteiger partial charge in [0.2, 0.25) is 0 Å². The minimum atomic E-state index is 0.114. The number of aromatic nitrogens is 1. The Morgan fingerprint density at radius 2 is 1.53 bits per heavy atom. The first-order valence-corrected chi connectivity index (χ1v) is 11.8. The molecule has 3 aromatic heterocycles. The van der Waals surface area contributed by atoms with Crippen LogP contribution in [0.4, 0.5) is 0 Å². The van der Waals surface area contributed by atoms with Gasteiger partial charge in [0.1, 0.15) is 22.5 Å². The molecule has 0 amide bonds. The minimum absolute atomic E-state index is 0.114. The number of fused-ring (bicyclic) bond motifs is 6. The van der Waals surface area contributed by atoms with Crippen molar-refractivity contribution >= 4 is 65.6 Å². The summed E-state index contributed by atoms with van der Waals surface area (Å²) in [5.41, 5.74) is 4.93. The fourth-order valence-corrected chi connectivity index (χ4v) is 6.41. The number of hydrogen-bond acceptors (Lipinski definition) is 3. The maximum Gasteiger partial charge on any atom is 0.131 e. The van der Waals surface area contributed by atoms with E-state index in [-0.39, 0.29) is 5.57 Å². The van der Waals surface area contributed by atoms with Crippen LogP contribution in [0.1, 0.15) is 4.88 Å². The number of allylic oxidation sites excluding steroid dienone is 1. The third-order valence-corrected chi connectivity index (χ3v) is 7.68. The average molecular weight is 450 g/mol. The van der Waals surface area contributed by atoms with Crippen LogP contribution in [-0.4, -0.2) is 4.40 Å². The SMILES string of the molecule is N#CC(C#N)=Cc1cc2c3cccc4cc(-c5ccccc5)c5c6ccccc6n(c2s1)c5c43. The molecule has 0 aliphatic heterocycles. The molecule has 7 aromatic rings. The molecule has 0 unspecified atom stereocenters. The van der Waals surface area contributed by atoms with Gasteiger partial charge in [-0.05, 0) is 46.2 Å². The van der Waals surface area contributed by atoms with Crippen LogP contribution < -0.4 is 0 Å². The molecule has 4 heteroatoms. The molecule has 0 radical (unpaired) electrons. The van der Waals surface area contributed by atoms with Gasteiger partial charge >= 0.3 is 0 Å². The van der Waals surface area contributed by atoms with E-state index in [0.717, 1.165) is 20.6 Å². The van der Waals surface area contributed by atoms with Crippen LogP contribution in [0.15, 0.2) is 90.5 Å². The van der Waals surface area contributed by atoms with Crippen molar-refractivity contribution in [2.75, 3.05) is 0 Å². The Hall–Kier alpha value is -4.64. The summed E-state index contributed by atoms with van der Waals surface area (Å²) < 4.78 is 2.38. The quantitative estimate of drug-likeness (QED) is 0.250. The van der Waals surface area contributed by atoms with Crippen molar-refractivity contribution in [1.29, 1.82) is 10.5 Å². The van der Waals surface area contributed by atoms with Gasteiger partial charge in [0.25, 0.3) is 0 Å². The third kappa shape index (κ3) is 2.43. The van der Waals surface area contributed by atoms with Gasteiger partial charge in [-0.1, -0.05) is 66.7 Å². The summed E-state index contributed by atoms with van der Waals surface area (Å²) in [7, 11) is 0. The number of nitriles is 2. The van der Waals surface area contributed by atoms with Crippen LogP contribution >= 0.6 is 11.3 Å². The maximum absolute atomic E-state index is 9.28. The standard InChI is InChI=1S/C30H15N3S/c31-16-18(17-32)13-21-15-25-22-11-6-9-20-14-24(19-7-2-1-3-8-19)28-23-10-4-5-12-26(23)33(30(25)34-21)29(28)27(20)22/h1-15H. The Labute approximate surface area is 199 Å². The molecule has 7 rings (SSSR count). The van der Waals surface area contributed by atoms with Crippen LogP contribution in [0.3, 0.4) is 0 Å². The number of hydrogen-bond donors (Lipinski definition) is 0. The average Bonchev–Trinajstić information content (AvgIpc) is 3.46. The second-order valence-corrected chi connectivity index (χ2v) is 9.48. The topological polar surface area (TPSA) is 52.0 Å². The largest absolute Gasteiger partial charge is 0.299 e. The number of benzene rings is 4. The van der Waals surface area contributed by atoms with E-state index in [1.165, 1.54) is 43.6 Å². The van der Waals surface area contributed by atoms with Gasteiger partial charge in [0.15, 0.2) is 0 Å². The van der Waals surface area contributed by atoms with Crippen molar-refractivity contribution in [2.45, 2.75) is 0 Å². The van der Waals surface area contributed by atoms with Gasteiger partial charge in [-0.3, -0.25) is 4.40 Å². The van der Waals surface area contributed by atoms with E-state index < -0.39 is 0 Å². The molecule has 0 spiro atoms. The molecular formula is C30H15N3S. The lowest BCUT2D eigenvalue weighted by Gasteiger charge is -2.13. The molecule has 4 aromatic carbocycles. The van der Waals surface area contributed by atoms with Gasteiger partial charge in [-0.2, -0.15) is 10.5 Å². The molecule has 0 N–H and O–H groups in total. The van der Waals surface area contributed by atoms with Gasteiger partial charge in [-0.15, -0.1) is 11.3 Å². The second kappa shape index (κ2) is 6.93. The normalized spacial score (nSPS) is 11.5. The highest BCUT2D eigenvalue weighted by Crippen LogP contribution is 2.47. The first-order chi connectivity index (χ1) is 16.8. The van der Waals surface area contributed by atoms with Crippen molar-refractivity contribution < 1.29 is 0 Å². The van der Waals surface area contributed by atoms with Gasteiger partial charge in [-0.25, -0.2) is 0 Å². The summed E-state index contributed by atoms with van der Waals surface area (Å²) in [5, 5.41) is 25.8. The lowest BCUT2D eigenvalue weighted by Crippen LogP contribution is -1.90. The first-order valence-electron chi connectivity index (χ1n) is 11.0. The Kier molecular flexibility index (Phi) is 3.85. The van der Waals surface area contributed by atoms with E-state index in [1.807, 2.05) is 12.1 Å². The Morgan fingerprint density at radius 3 is 2.35 bits per heavy atom. The van der Waals surface area contributed by atoms with Gasteiger partial charge in [0.05, 0.1) is 11.0 Å². The van der Waals surface area contributed by atoms with Crippen LogP contribution in [0.5, 0.6) is 0 Å². The summed E-state index contributed by atoms with van der Waals surface area (Å²) in [4.78, 5) is 2.03. The number of pyridine rings is 1. The zero-order valence-corrected chi connectivity index (χ0v) is 18.7. The van der Waals surface area contributed by atoms with E-state index in [4.69, 9.17) is 0 Å². The van der Waals surface area contributed by atoms with E-state index in [2.05, 4.69) is 89.3 Å². The van der Waals surface area contributed by atoms with Crippen molar-refractivity contribution in [2.24, 2.45) is 0 Å². The number of nitrogens with zero attached hydrogens (tertiary/aromatic N) is 3. The molecule has 34 heavy (non-hydrogen) atoms. The van der Waals surface area contributed by atoms with E-state index in [1.54, 1.807) is 17.4 Å². The number of para-hydroxylation sites is 1. The highest BCUT2D eigenvalue weighted by atomic mass is 32.1. The summed E-state index contributed by atoms with van der Waals surface area (Å²) in [6.45, 7) is 0. The van der Waals surface area contributed by atoms with E-state index in [0.29, 0.717) is 0 Å². The lowest BCUT2D eigenvalue weighted by atomic mass is 9.93. The minimum Gasteiger partial charge on any atom is -0.299 e. The Balaban J connectivity index is 1.77. The molecule has 0 atom stereocenters. The number of rotatable bonds is 2. The van der Waals surface area contributed by atoms with Crippen molar-refractivity contribution in [1.82, 2.24) is 4.40 Å². The second-order valence-electron chi connectivity index (χ2n) is 8.42. The lowest BCUT2D eigenvalue weighted by molar-refractivity contribution is 1.38. The van der Waals surface area contributed by atoms with Crippen LogP contribution in [0.25, 0.3) is 65.4 Å². The number of thiophene rings is 1. The zero-order chi connectivity index (χ0) is 22.8. The molecule has 156 valence electrons. The highest BCUT2D eigenvalue weighted by molar-refractivity contribution is 7.19. The van der Waals surface area contributed by atoms with Gasteiger partial charge in [0, 0.05) is 26.4 Å². The molecule has 0 saturated carbocycles. The van der Waals surface area contributed by atoms with Crippen LogP contribution in [0.2, 0.25) is 0 Å². The molecule has 0 saturated heterocycles. The molecule has 0 bridgehead atoms. The molecule has 0 fully saturated rings. The van der Waals surface area contributed by atoms with E-state index >= 15 is 0 Å². The summed E-state index contributed by atoms with van der Waals surface area (Å²) in [5.74, 6) is 0. The summed E-state index contributed by atoms with van der Waals surface area (Å²) in [6, 6.07) is 34.0. The Bertz CT molecular complexity index is 2010. The molecule has 0 aliphatic carbocycles. The first kappa shape index (κ1) is 18.9. The van der Waals surface area contributed by atoms with Crippen molar-refractivity contribution in [3.63, 3.8) is 0 Å². The van der Waals surface area contributed by atoms with Crippen molar-refractivity contribution in [3.05, 3.63) is 95.4 Å². The molecule has 3 nitrogen and oxygen atoms in total. The van der Waals surface area contributed by atoms with Crippen LogP contribution in [-0.2, 0) is 0 Å². The summed E-state index contributed by atoms with van der Waals surface area (Å²) >= 11 is 1.62. The summed E-state index contributed by atoms with van der Waals surface area (Å²) in [6.07, 6.45) is 1.69. The Morgan fingerprint density at radius 1 is 0.765 bits per heavy atom. The molecular weight excluding hydrogens is 434 g/mol. The third-order valence-electron chi connectivity index (χ3n) is 6.61. The van der Waals surface area contributed by atoms with Crippen molar-refractivity contribution in [3.8, 4) is 23.3 Å². The highest BCUT2D eigenvalue weighted by Gasteiger charge is 2.22. The predicted octanol–water partition coefficient (Wildman–Crippen LogP) is 8.15. The zero-order valence-electron chi connectivity index (χ0n) is 17.9. The predicted molar refractivity (Wildman–Crippen MR) is 141 cm³/mol. The van der Waals surface area contributed by atoms with Crippen LogP contribution in [0, 0.1) is 22.7 Å². The maximum atomic E-state index is 9.28. The molecule has 3 heterocycles. The van der Waals surface area contributed by atoms with E-state index in [9.17, 15) is 10.5 Å². The monoisotopic (exact) mass is 449 g/mol. The fourth-order valence-electron chi connectivity index (χ4n) is 5.27.